The molecule has 2 aromatic heterocycles. The molecular weight excluding hydrogens is 503 g/mol. The fraction of sp³-hybridized carbons (Fsp3) is 0.207. The maximum absolute atomic E-state index is 6.62. The molecule has 0 unspecified atom stereocenters. The Balaban J connectivity index is 1.36. The lowest BCUT2D eigenvalue weighted by Gasteiger charge is -2.35. The number of anilines is 1. The van der Waals surface area contributed by atoms with Gasteiger partial charge in [0.2, 0.25) is 0 Å². The zero-order chi connectivity index (χ0) is 25.4. The van der Waals surface area contributed by atoms with Crippen LogP contribution in [0.3, 0.4) is 0 Å². The standard InChI is InChI=1S/C29H26Cl2N6/c1-20-6-8-21(9-7-20)18-35-14-16-36(17-15-35)28-26-29(33-19-32-28)37(23-12-10-22(30)11-13-23)27(34-26)24-4-2-3-5-25(24)31/h2-13,19H,14-18H2,1H3. The lowest BCUT2D eigenvalue weighted by molar-refractivity contribution is 0.249. The minimum absolute atomic E-state index is 0.632. The number of aromatic nitrogens is 4. The quantitative estimate of drug-likeness (QED) is 0.263. The molecule has 8 heteroatoms. The summed E-state index contributed by atoms with van der Waals surface area (Å²) in [5.41, 5.74) is 5.88. The average molecular weight is 529 g/mol. The van der Waals surface area contributed by atoms with Gasteiger partial charge in [-0.1, -0.05) is 65.2 Å². The van der Waals surface area contributed by atoms with Crippen molar-refractivity contribution in [3.8, 4) is 17.1 Å². The van der Waals surface area contributed by atoms with Crippen molar-refractivity contribution in [2.24, 2.45) is 0 Å². The molecular formula is C29H26Cl2N6. The maximum atomic E-state index is 6.62. The van der Waals surface area contributed by atoms with Crippen molar-refractivity contribution < 1.29 is 0 Å². The van der Waals surface area contributed by atoms with Crippen molar-refractivity contribution in [2.75, 3.05) is 31.1 Å². The third kappa shape index (κ3) is 4.80. The highest BCUT2D eigenvalue weighted by Gasteiger charge is 2.25. The van der Waals surface area contributed by atoms with Gasteiger partial charge in [0.1, 0.15) is 12.2 Å². The first-order chi connectivity index (χ1) is 18.1. The van der Waals surface area contributed by atoms with Crippen molar-refractivity contribution in [3.05, 3.63) is 100 Å². The summed E-state index contributed by atoms with van der Waals surface area (Å²) < 4.78 is 2.03. The monoisotopic (exact) mass is 528 g/mol. The summed E-state index contributed by atoms with van der Waals surface area (Å²) in [6.45, 7) is 6.72. The lowest BCUT2D eigenvalue weighted by Crippen LogP contribution is -2.46. The van der Waals surface area contributed by atoms with Crippen LogP contribution in [0.4, 0.5) is 5.82 Å². The van der Waals surface area contributed by atoms with Gasteiger partial charge >= 0.3 is 0 Å². The van der Waals surface area contributed by atoms with Gasteiger partial charge in [0.15, 0.2) is 17.0 Å². The number of nitrogens with zero attached hydrogens (tertiary/aromatic N) is 6. The summed E-state index contributed by atoms with van der Waals surface area (Å²) in [6.07, 6.45) is 1.63. The molecule has 1 fully saturated rings. The van der Waals surface area contributed by atoms with Crippen LogP contribution in [0.5, 0.6) is 0 Å². The molecule has 6 rings (SSSR count). The molecule has 186 valence electrons. The van der Waals surface area contributed by atoms with E-state index in [1.54, 1.807) is 6.33 Å². The highest BCUT2D eigenvalue weighted by atomic mass is 35.5. The largest absolute Gasteiger partial charge is 0.352 e. The van der Waals surface area contributed by atoms with Crippen LogP contribution in [-0.2, 0) is 6.54 Å². The fourth-order valence-electron chi connectivity index (χ4n) is 4.84. The number of hydrogen-bond donors (Lipinski definition) is 0. The molecule has 3 heterocycles. The molecule has 0 atom stereocenters. The minimum atomic E-state index is 0.632. The van der Waals surface area contributed by atoms with Gasteiger partial charge in [-0.05, 0) is 48.9 Å². The van der Waals surface area contributed by atoms with E-state index in [0.717, 1.165) is 66.8 Å². The SMILES string of the molecule is Cc1ccc(CN2CCN(c3ncnc4c3nc(-c3ccccc3Cl)n4-c3ccc(Cl)cc3)CC2)cc1. The van der Waals surface area contributed by atoms with Gasteiger partial charge in [-0.15, -0.1) is 0 Å². The van der Waals surface area contributed by atoms with Crippen LogP contribution in [0.1, 0.15) is 11.1 Å². The van der Waals surface area contributed by atoms with E-state index in [9.17, 15) is 0 Å². The number of fused-ring (bicyclic) bond motifs is 1. The van der Waals surface area contributed by atoms with Gasteiger partial charge in [0, 0.05) is 49.0 Å². The van der Waals surface area contributed by atoms with E-state index in [1.165, 1.54) is 11.1 Å². The van der Waals surface area contributed by atoms with Crippen LogP contribution >= 0.6 is 23.2 Å². The van der Waals surface area contributed by atoms with Gasteiger partial charge in [-0.2, -0.15) is 0 Å². The Morgan fingerprint density at radius 3 is 2.27 bits per heavy atom. The first-order valence-electron chi connectivity index (χ1n) is 12.3. The van der Waals surface area contributed by atoms with Crippen LogP contribution in [0, 0.1) is 6.92 Å². The number of imidazole rings is 1. The second-order valence-corrected chi connectivity index (χ2v) is 10.2. The summed E-state index contributed by atoms with van der Waals surface area (Å²) in [5, 5.41) is 1.30. The second kappa shape index (κ2) is 10.1. The van der Waals surface area contributed by atoms with Gasteiger partial charge in [-0.25, -0.2) is 15.0 Å². The number of piperazine rings is 1. The maximum Gasteiger partial charge on any atom is 0.170 e. The molecule has 1 aliphatic heterocycles. The number of halogens is 2. The number of aryl methyl sites for hydroxylation is 1. The van der Waals surface area contributed by atoms with Crippen molar-refractivity contribution in [2.45, 2.75) is 13.5 Å². The molecule has 1 aliphatic rings. The zero-order valence-electron chi connectivity index (χ0n) is 20.5. The summed E-state index contributed by atoms with van der Waals surface area (Å²) in [7, 11) is 0. The van der Waals surface area contributed by atoms with Crippen molar-refractivity contribution >= 4 is 40.2 Å². The van der Waals surface area contributed by atoms with E-state index in [1.807, 2.05) is 53.1 Å². The molecule has 0 amide bonds. The first kappa shape index (κ1) is 23.9. The molecule has 0 N–H and O–H groups in total. The van der Waals surface area contributed by atoms with E-state index in [0.29, 0.717) is 10.0 Å². The molecule has 0 bridgehead atoms. The highest BCUT2D eigenvalue weighted by molar-refractivity contribution is 6.33. The van der Waals surface area contributed by atoms with Crippen molar-refractivity contribution in [1.82, 2.24) is 24.4 Å². The van der Waals surface area contributed by atoms with Gasteiger partial charge in [-0.3, -0.25) is 9.47 Å². The molecule has 0 saturated carbocycles. The number of hydrogen-bond acceptors (Lipinski definition) is 5. The predicted octanol–water partition coefficient (Wildman–Crippen LogP) is 6.42. The van der Waals surface area contributed by atoms with E-state index in [4.69, 9.17) is 33.2 Å². The molecule has 0 aliphatic carbocycles. The zero-order valence-corrected chi connectivity index (χ0v) is 22.0. The molecule has 3 aromatic carbocycles. The summed E-state index contributed by atoms with van der Waals surface area (Å²) in [6, 6.07) is 24.2. The van der Waals surface area contributed by atoms with Crippen LogP contribution in [0.25, 0.3) is 28.2 Å². The molecule has 5 aromatic rings. The first-order valence-corrected chi connectivity index (χ1v) is 13.1. The minimum Gasteiger partial charge on any atom is -0.352 e. The fourth-order valence-corrected chi connectivity index (χ4v) is 5.19. The predicted molar refractivity (Wildman–Crippen MR) is 151 cm³/mol. The smallest absolute Gasteiger partial charge is 0.170 e. The Bertz CT molecular complexity index is 1540. The van der Waals surface area contributed by atoms with Crippen molar-refractivity contribution in [3.63, 3.8) is 0 Å². The van der Waals surface area contributed by atoms with E-state index in [-0.39, 0.29) is 0 Å². The summed E-state index contributed by atoms with van der Waals surface area (Å²) in [4.78, 5) is 19.2. The Kier molecular flexibility index (Phi) is 6.55. The van der Waals surface area contributed by atoms with Crippen LogP contribution < -0.4 is 4.90 Å². The Labute approximate surface area is 226 Å². The molecule has 1 saturated heterocycles. The normalized spacial score (nSPS) is 14.4. The average Bonchev–Trinajstić information content (AvgIpc) is 3.31. The number of benzene rings is 3. The summed E-state index contributed by atoms with van der Waals surface area (Å²) >= 11 is 12.8. The van der Waals surface area contributed by atoms with E-state index < -0.39 is 0 Å². The van der Waals surface area contributed by atoms with E-state index >= 15 is 0 Å². The Morgan fingerprint density at radius 2 is 1.54 bits per heavy atom. The van der Waals surface area contributed by atoms with Crippen molar-refractivity contribution in [1.29, 1.82) is 0 Å². The highest BCUT2D eigenvalue weighted by Crippen LogP contribution is 2.35. The summed E-state index contributed by atoms with van der Waals surface area (Å²) in [5.74, 6) is 1.57. The lowest BCUT2D eigenvalue weighted by atomic mass is 10.1. The van der Waals surface area contributed by atoms with Gasteiger partial charge in [0.25, 0.3) is 0 Å². The van der Waals surface area contributed by atoms with Gasteiger partial charge < -0.3 is 4.90 Å². The van der Waals surface area contributed by atoms with Crippen LogP contribution in [0.2, 0.25) is 10.0 Å². The Hall–Kier alpha value is -3.45. The topological polar surface area (TPSA) is 50.1 Å². The third-order valence-corrected chi connectivity index (χ3v) is 7.40. The molecule has 0 spiro atoms. The van der Waals surface area contributed by atoms with Crippen LogP contribution in [-0.4, -0.2) is 50.6 Å². The van der Waals surface area contributed by atoms with E-state index in [2.05, 4.69) is 46.0 Å². The molecule has 6 nitrogen and oxygen atoms in total. The molecule has 37 heavy (non-hydrogen) atoms. The van der Waals surface area contributed by atoms with Crippen LogP contribution in [0.15, 0.2) is 79.1 Å². The van der Waals surface area contributed by atoms with Gasteiger partial charge in [0.05, 0.1) is 5.02 Å². The third-order valence-electron chi connectivity index (χ3n) is 6.82. The second-order valence-electron chi connectivity index (χ2n) is 9.35. The molecule has 0 radical (unpaired) electrons. The number of rotatable bonds is 5. The Morgan fingerprint density at radius 1 is 0.811 bits per heavy atom.